The van der Waals surface area contributed by atoms with Crippen LogP contribution in [0.4, 0.5) is 0 Å². The predicted molar refractivity (Wildman–Crippen MR) is 44.8 cm³/mol. The largest absolute Gasteiger partial charge is 0.388 e. The van der Waals surface area contributed by atoms with Crippen LogP contribution in [0.3, 0.4) is 0 Å². The predicted octanol–water partition coefficient (Wildman–Crippen LogP) is -0.519. The Hall–Kier alpha value is 0.310. The van der Waals surface area contributed by atoms with E-state index in [-0.39, 0.29) is 0 Å². The Morgan fingerprint density at radius 2 is 2.10 bits per heavy atom. The van der Waals surface area contributed by atoms with Crippen molar-refractivity contribution in [2.24, 2.45) is 0 Å². The lowest BCUT2D eigenvalue weighted by atomic mass is 9.93. The smallest absolute Gasteiger partial charge is 0.0798 e. The minimum atomic E-state index is -0.465. The maximum absolute atomic E-state index is 9.76. The molecule has 1 atom stereocenters. The van der Waals surface area contributed by atoms with Gasteiger partial charge in [-0.15, -0.1) is 0 Å². The molecule has 0 radical (unpaired) electrons. The Kier molecular flexibility index (Phi) is 3.05. The number of piperidine rings is 1. The highest BCUT2D eigenvalue weighted by molar-refractivity contribution is 7.13. The van der Waals surface area contributed by atoms with Crippen molar-refractivity contribution in [3.8, 4) is 0 Å². The molecule has 1 aliphatic rings. The molecule has 1 aliphatic heterocycles. The molecule has 0 amide bonds. The third-order valence-electron chi connectivity index (χ3n) is 1.97. The van der Waals surface area contributed by atoms with Crippen molar-refractivity contribution in [2.45, 2.75) is 18.4 Å². The molecule has 0 aromatic heterocycles. The van der Waals surface area contributed by atoms with Crippen molar-refractivity contribution in [3.05, 3.63) is 0 Å². The first-order valence-electron chi connectivity index (χ1n) is 3.63. The van der Waals surface area contributed by atoms with Crippen molar-refractivity contribution in [1.29, 1.82) is 0 Å². The van der Waals surface area contributed by atoms with Crippen molar-refractivity contribution in [3.63, 3.8) is 0 Å². The second-order valence-corrected chi connectivity index (χ2v) is 3.26. The SMILES string of the molecule is OC1(CNP)CCNCC1. The van der Waals surface area contributed by atoms with Crippen molar-refractivity contribution in [1.82, 2.24) is 10.4 Å². The fourth-order valence-electron chi connectivity index (χ4n) is 1.26. The molecular weight excluding hydrogens is 147 g/mol. The Morgan fingerprint density at radius 3 is 2.60 bits per heavy atom. The van der Waals surface area contributed by atoms with Gasteiger partial charge in [0.1, 0.15) is 0 Å². The van der Waals surface area contributed by atoms with E-state index in [1.807, 2.05) is 0 Å². The molecule has 0 saturated carbocycles. The summed E-state index contributed by atoms with van der Waals surface area (Å²) in [6.07, 6.45) is 1.71. The standard InChI is InChI=1S/C6H15N2OP/c9-6(5-8-10)1-3-7-4-2-6/h7-9H,1-5,10H2. The van der Waals surface area contributed by atoms with Crippen LogP contribution in [0.1, 0.15) is 12.8 Å². The van der Waals surface area contributed by atoms with Gasteiger partial charge in [-0.25, -0.2) is 0 Å². The number of hydrogen-bond donors (Lipinski definition) is 3. The van der Waals surface area contributed by atoms with Gasteiger partial charge in [0.25, 0.3) is 0 Å². The maximum atomic E-state index is 9.76. The third-order valence-corrected chi connectivity index (χ3v) is 2.17. The molecule has 0 aliphatic carbocycles. The molecule has 10 heavy (non-hydrogen) atoms. The van der Waals surface area contributed by atoms with E-state index < -0.39 is 5.60 Å². The van der Waals surface area contributed by atoms with Crippen LogP contribution >= 0.6 is 9.39 Å². The van der Waals surface area contributed by atoms with Crippen LogP contribution in [0.25, 0.3) is 0 Å². The Morgan fingerprint density at radius 1 is 1.50 bits per heavy atom. The first kappa shape index (κ1) is 8.41. The van der Waals surface area contributed by atoms with Crippen molar-refractivity contribution >= 4 is 9.39 Å². The second-order valence-electron chi connectivity index (χ2n) is 2.86. The van der Waals surface area contributed by atoms with Gasteiger partial charge in [0.2, 0.25) is 0 Å². The molecule has 0 spiro atoms. The van der Waals surface area contributed by atoms with Crippen molar-refractivity contribution < 1.29 is 5.11 Å². The van der Waals surface area contributed by atoms with E-state index in [0.717, 1.165) is 25.9 Å². The van der Waals surface area contributed by atoms with E-state index in [1.165, 1.54) is 0 Å². The van der Waals surface area contributed by atoms with Crippen LogP contribution in [-0.2, 0) is 0 Å². The highest BCUT2D eigenvalue weighted by Gasteiger charge is 2.27. The molecule has 1 saturated heterocycles. The first-order chi connectivity index (χ1) is 4.77. The quantitative estimate of drug-likeness (QED) is 0.479. The molecule has 3 N–H and O–H groups in total. The molecular formula is C6H15N2OP. The fourth-order valence-corrected chi connectivity index (χ4v) is 1.64. The van der Waals surface area contributed by atoms with Crippen molar-refractivity contribution in [2.75, 3.05) is 19.6 Å². The maximum Gasteiger partial charge on any atom is 0.0798 e. The van der Waals surface area contributed by atoms with Crippen LogP contribution in [0.5, 0.6) is 0 Å². The van der Waals surface area contributed by atoms with E-state index in [9.17, 15) is 5.11 Å². The van der Waals surface area contributed by atoms with Gasteiger partial charge in [0.05, 0.1) is 5.60 Å². The summed E-state index contributed by atoms with van der Waals surface area (Å²) in [5.74, 6) is 0. The second kappa shape index (κ2) is 3.63. The highest BCUT2D eigenvalue weighted by Crippen LogP contribution is 2.16. The average molecular weight is 162 g/mol. The lowest BCUT2D eigenvalue weighted by molar-refractivity contribution is 0.0163. The number of rotatable bonds is 2. The zero-order valence-electron chi connectivity index (χ0n) is 6.06. The molecule has 3 nitrogen and oxygen atoms in total. The molecule has 60 valence electrons. The van der Waals surface area contributed by atoms with Crippen LogP contribution in [0.15, 0.2) is 0 Å². The minimum absolute atomic E-state index is 0.465. The lowest BCUT2D eigenvalue weighted by Gasteiger charge is -2.32. The van der Waals surface area contributed by atoms with E-state index in [2.05, 4.69) is 19.8 Å². The summed E-state index contributed by atoms with van der Waals surface area (Å²) in [5.41, 5.74) is -0.465. The normalized spacial score (nSPS) is 24.6. The molecule has 0 aromatic carbocycles. The number of nitrogens with one attached hydrogen (secondary N) is 2. The molecule has 0 bridgehead atoms. The first-order valence-corrected chi connectivity index (χ1v) is 4.21. The summed E-state index contributed by atoms with van der Waals surface area (Å²) < 4.78 is 0. The van der Waals surface area contributed by atoms with Gasteiger partial charge >= 0.3 is 0 Å². The summed E-state index contributed by atoms with van der Waals surface area (Å²) in [6.45, 7) is 2.55. The molecule has 1 heterocycles. The molecule has 0 aromatic rings. The van der Waals surface area contributed by atoms with Gasteiger partial charge < -0.3 is 10.4 Å². The summed E-state index contributed by atoms with van der Waals surface area (Å²) >= 11 is 0. The number of aliphatic hydroxyl groups is 1. The van der Waals surface area contributed by atoms with Crippen LogP contribution in [-0.4, -0.2) is 30.3 Å². The highest BCUT2D eigenvalue weighted by atomic mass is 31.0. The molecule has 1 fully saturated rings. The number of hydrogen-bond acceptors (Lipinski definition) is 3. The fraction of sp³-hybridized carbons (Fsp3) is 1.00. The van der Waals surface area contributed by atoms with Gasteiger partial charge in [0.15, 0.2) is 0 Å². The third kappa shape index (κ3) is 2.17. The van der Waals surface area contributed by atoms with E-state index in [4.69, 9.17) is 0 Å². The Balaban J connectivity index is 2.32. The Bertz CT molecular complexity index is 98.4. The Labute approximate surface area is 63.8 Å². The summed E-state index contributed by atoms with van der Waals surface area (Å²) in [7, 11) is 2.41. The van der Waals surface area contributed by atoms with E-state index in [1.54, 1.807) is 0 Å². The zero-order chi connectivity index (χ0) is 7.45. The van der Waals surface area contributed by atoms with Gasteiger partial charge in [-0.05, 0) is 25.9 Å². The van der Waals surface area contributed by atoms with E-state index in [0.29, 0.717) is 6.54 Å². The van der Waals surface area contributed by atoms with Gasteiger partial charge in [-0.1, -0.05) is 9.39 Å². The monoisotopic (exact) mass is 162 g/mol. The topological polar surface area (TPSA) is 44.3 Å². The molecule has 4 heteroatoms. The van der Waals surface area contributed by atoms with E-state index >= 15 is 0 Å². The summed E-state index contributed by atoms with van der Waals surface area (Å²) in [4.78, 5) is 0. The summed E-state index contributed by atoms with van der Waals surface area (Å²) in [5, 5.41) is 15.9. The van der Waals surface area contributed by atoms with Crippen LogP contribution in [0, 0.1) is 0 Å². The van der Waals surface area contributed by atoms with Gasteiger partial charge in [0, 0.05) is 6.54 Å². The molecule has 1 unspecified atom stereocenters. The van der Waals surface area contributed by atoms with Gasteiger partial charge in [-0.3, -0.25) is 5.09 Å². The zero-order valence-corrected chi connectivity index (χ0v) is 7.21. The lowest BCUT2D eigenvalue weighted by Crippen LogP contribution is -2.46. The molecule has 1 rings (SSSR count). The average Bonchev–Trinajstić information content (AvgIpc) is 1.89. The van der Waals surface area contributed by atoms with Gasteiger partial charge in [-0.2, -0.15) is 0 Å². The van der Waals surface area contributed by atoms with Crippen LogP contribution < -0.4 is 10.4 Å². The van der Waals surface area contributed by atoms with Crippen LogP contribution in [0.2, 0.25) is 0 Å². The summed E-state index contributed by atoms with van der Waals surface area (Å²) in [6, 6.07) is 0. The minimum Gasteiger partial charge on any atom is -0.388 e.